The number of hydrogen-bond donors (Lipinski definition) is 0. The molecule has 0 aromatic carbocycles. The van der Waals surface area contributed by atoms with Gasteiger partial charge in [-0.3, -0.25) is 4.68 Å². The van der Waals surface area contributed by atoms with Crippen molar-refractivity contribution in [1.29, 1.82) is 0 Å². The third kappa shape index (κ3) is 2.24. The minimum atomic E-state index is -3.10. The maximum Gasteiger partial charge on any atom is 0.211 e. The molecule has 5 nitrogen and oxygen atoms in total. The Labute approximate surface area is 102 Å². The van der Waals surface area contributed by atoms with Crippen LogP contribution in [-0.4, -0.2) is 35.3 Å². The van der Waals surface area contributed by atoms with Crippen molar-refractivity contribution < 1.29 is 8.42 Å². The Morgan fingerprint density at radius 3 is 2.53 bits per heavy atom. The zero-order valence-electron chi connectivity index (χ0n) is 10.8. The molecule has 6 heteroatoms. The molecule has 0 bridgehead atoms. The summed E-state index contributed by atoms with van der Waals surface area (Å²) in [5.74, 6) is 0.384. The summed E-state index contributed by atoms with van der Waals surface area (Å²) < 4.78 is 26.4. The fraction of sp³-hybridized carbons (Fsp3) is 0.727. The highest BCUT2D eigenvalue weighted by Gasteiger charge is 2.28. The second-order valence-corrected chi connectivity index (χ2v) is 6.92. The van der Waals surface area contributed by atoms with Crippen LogP contribution in [0.25, 0.3) is 0 Å². The van der Waals surface area contributed by atoms with E-state index in [-0.39, 0.29) is 0 Å². The molecule has 1 aromatic heterocycles. The summed E-state index contributed by atoms with van der Waals surface area (Å²) in [5.41, 5.74) is 3.38. The van der Waals surface area contributed by atoms with E-state index in [0.29, 0.717) is 19.0 Å². The topological polar surface area (TPSA) is 55.2 Å². The van der Waals surface area contributed by atoms with E-state index in [1.165, 1.54) is 16.1 Å². The standard InChI is InChI=1S/C11H19N3O2S/c1-8(2)11-9-5-6-14(17(4,15)16)7-10(9)13(3)12-11/h8H,5-7H2,1-4H3. The van der Waals surface area contributed by atoms with Crippen molar-refractivity contribution in [2.45, 2.75) is 32.7 Å². The first kappa shape index (κ1) is 12.6. The van der Waals surface area contributed by atoms with Gasteiger partial charge in [0.1, 0.15) is 0 Å². The monoisotopic (exact) mass is 257 g/mol. The Kier molecular flexibility index (Phi) is 3.03. The largest absolute Gasteiger partial charge is 0.271 e. The average molecular weight is 257 g/mol. The Morgan fingerprint density at radius 1 is 1.35 bits per heavy atom. The van der Waals surface area contributed by atoms with Gasteiger partial charge in [0.05, 0.1) is 24.2 Å². The minimum Gasteiger partial charge on any atom is -0.271 e. The van der Waals surface area contributed by atoms with Crippen molar-refractivity contribution in [2.24, 2.45) is 7.05 Å². The Morgan fingerprint density at radius 2 is 2.00 bits per heavy atom. The van der Waals surface area contributed by atoms with E-state index < -0.39 is 10.0 Å². The molecule has 0 spiro atoms. The molecule has 1 aliphatic rings. The molecule has 0 aliphatic carbocycles. The van der Waals surface area contributed by atoms with Gasteiger partial charge < -0.3 is 0 Å². The molecule has 96 valence electrons. The SMILES string of the molecule is CC(C)c1nn(C)c2c1CCN(S(C)(=O)=O)C2. The van der Waals surface area contributed by atoms with E-state index in [2.05, 4.69) is 18.9 Å². The van der Waals surface area contributed by atoms with Crippen LogP contribution in [0.3, 0.4) is 0 Å². The molecule has 17 heavy (non-hydrogen) atoms. The second kappa shape index (κ2) is 4.10. The molecule has 1 aliphatic heterocycles. The first-order chi connectivity index (χ1) is 7.80. The van der Waals surface area contributed by atoms with Gasteiger partial charge in [-0.1, -0.05) is 13.8 Å². The van der Waals surface area contributed by atoms with Crippen LogP contribution in [0.2, 0.25) is 0 Å². The predicted molar refractivity (Wildman–Crippen MR) is 66.3 cm³/mol. The molecule has 0 atom stereocenters. The van der Waals surface area contributed by atoms with Gasteiger partial charge >= 0.3 is 0 Å². The van der Waals surface area contributed by atoms with Gasteiger partial charge in [-0.05, 0) is 17.9 Å². The van der Waals surface area contributed by atoms with Gasteiger partial charge in [0.25, 0.3) is 0 Å². The lowest BCUT2D eigenvalue weighted by atomic mass is 9.99. The van der Waals surface area contributed by atoms with Crippen molar-refractivity contribution in [3.8, 4) is 0 Å². The summed E-state index contributed by atoms with van der Waals surface area (Å²) in [6.45, 7) is 5.25. The molecule has 1 aromatic rings. The normalized spacial score (nSPS) is 17.5. The highest BCUT2D eigenvalue weighted by molar-refractivity contribution is 7.88. The smallest absolute Gasteiger partial charge is 0.211 e. The zero-order valence-corrected chi connectivity index (χ0v) is 11.6. The maximum atomic E-state index is 11.5. The molecule has 0 saturated carbocycles. The third-order valence-electron chi connectivity index (χ3n) is 3.26. The van der Waals surface area contributed by atoms with E-state index in [1.807, 2.05) is 11.7 Å². The summed E-state index contributed by atoms with van der Waals surface area (Å²) in [5, 5.41) is 4.50. The Balaban J connectivity index is 2.40. The van der Waals surface area contributed by atoms with Crippen molar-refractivity contribution in [2.75, 3.05) is 12.8 Å². The van der Waals surface area contributed by atoms with Crippen molar-refractivity contribution in [3.05, 3.63) is 17.0 Å². The van der Waals surface area contributed by atoms with Crippen LogP contribution in [0.1, 0.15) is 36.7 Å². The second-order valence-electron chi connectivity index (χ2n) is 4.94. The van der Waals surface area contributed by atoms with Gasteiger partial charge in [-0.15, -0.1) is 0 Å². The molecular formula is C11H19N3O2S. The van der Waals surface area contributed by atoms with E-state index >= 15 is 0 Å². The van der Waals surface area contributed by atoms with E-state index in [0.717, 1.165) is 17.8 Å². The molecule has 0 radical (unpaired) electrons. The van der Waals surface area contributed by atoms with Gasteiger partial charge in [0.15, 0.2) is 0 Å². The molecule has 0 amide bonds. The number of aryl methyl sites for hydroxylation is 1. The predicted octanol–water partition coefficient (Wildman–Crippen LogP) is 0.861. The van der Waals surface area contributed by atoms with Crippen LogP contribution in [0, 0.1) is 0 Å². The highest BCUT2D eigenvalue weighted by atomic mass is 32.2. The van der Waals surface area contributed by atoms with Crippen LogP contribution >= 0.6 is 0 Å². The Bertz CT molecular complexity index is 531. The minimum absolute atomic E-state index is 0.384. The van der Waals surface area contributed by atoms with Crippen molar-refractivity contribution in [3.63, 3.8) is 0 Å². The number of sulfonamides is 1. The fourth-order valence-electron chi connectivity index (χ4n) is 2.33. The number of hydrogen-bond acceptors (Lipinski definition) is 3. The van der Waals surface area contributed by atoms with Crippen LogP contribution in [0.5, 0.6) is 0 Å². The zero-order chi connectivity index (χ0) is 12.8. The fourth-order valence-corrected chi connectivity index (χ4v) is 3.10. The summed E-state index contributed by atoms with van der Waals surface area (Å²) in [6, 6.07) is 0. The van der Waals surface area contributed by atoms with Crippen LogP contribution in [0.15, 0.2) is 0 Å². The summed E-state index contributed by atoms with van der Waals surface area (Å²) >= 11 is 0. The summed E-state index contributed by atoms with van der Waals surface area (Å²) in [7, 11) is -1.22. The number of rotatable bonds is 2. The van der Waals surface area contributed by atoms with E-state index in [9.17, 15) is 8.42 Å². The molecule has 2 heterocycles. The highest BCUT2D eigenvalue weighted by Crippen LogP contribution is 2.27. The van der Waals surface area contributed by atoms with Crippen LogP contribution < -0.4 is 0 Å². The lowest BCUT2D eigenvalue weighted by Gasteiger charge is -2.25. The van der Waals surface area contributed by atoms with Gasteiger partial charge in [0, 0.05) is 13.6 Å². The third-order valence-corrected chi connectivity index (χ3v) is 4.51. The van der Waals surface area contributed by atoms with Crippen molar-refractivity contribution in [1.82, 2.24) is 14.1 Å². The first-order valence-electron chi connectivity index (χ1n) is 5.80. The molecule has 0 fully saturated rings. The average Bonchev–Trinajstić information content (AvgIpc) is 2.55. The number of aromatic nitrogens is 2. The number of fused-ring (bicyclic) bond motifs is 1. The Hall–Kier alpha value is -0.880. The van der Waals surface area contributed by atoms with E-state index in [1.54, 1.807) is 0 Å². The lowest BCUT2D eigenvalue weighted by Crippen LogP contribution is -2.35. The molecule has 0 unspecified atom stereocenters. The van der Waals surface area contributed by atoms with Crippen LogP contribution in [0.4, 0.5) is 0 Å². The summed E-state index contributed by atoms with van der Waals surface area (Å²) in [6.07, 6.45) is 2.03. The molecule has 2 rings (SSSR count). The number of nitrogens with zero attached hydrogens (tertiary/aromatic N) is 3. The maximum absolute atomic E-state index is 11.5. The molecular weight excluding hydrogens is 238 g/mol. The van der Waals surface area contributed by atoms with Crippen LogP contribution in [-0.2, 0) is 30.0 Å². The van der Waals surface area contributed by atoms with Gasteiger partial charge in [-0.25, -0.2) is 8.42 Å². The van der Waals surface area contributed by atoms with Gasteiger partial charge in [-0.2, -0.15) is 9.40 Å². The molecule has 0 N–H and O–H groups in total. The van der Waals surface area contributed by atoms with Gasteiger partial charge in [0.2, 0.25) is 10.0 Å². The van der Waals surface area contributed by atoms with E-state index in [4.69, 9.17) is 0 Å². The quantitative estimate of drug-likeness (QED) is 0.789. The lowest BCUT2D eigenvalue weighted by molar-refractivity contribution is 0.382. The first-order valence-corrected chi connectivity index (χ1v) is 7.65. The summed E-state index contributed by atoms with van der Waals surface area (Å²) in [4.78, 5) is 0. The van der Waals surface area contributed by atoms with Crippen molar-refractivity contribution >= 4 is 10.0 Å². The molecule has 0 saturated heterocycles.